The molecule has 2 aromatic carbocycles. The van der Waals surface area contributed by atoms with Gasteiger partial charge < -0.3 is 14.8 Å². The number of likely N-dealkylation sites (N-methyl/N-ethyl adjacent to an activating group) is 1. The van der Waals surface area contributed by atoms with Crippen molar-refractivity contribution in [2.45, 2.75) is 17.2 Å². The van der Waals surface area contributed by atoms with Gasteiger partial charge in [0.15, 0.2) is 11.5 Å². The minimum Gasteiger partial charge on any atom is -0.486 e. The Morgan fingerprint density at radius 3 is 2.70 bits per heavy atom. The summed E-state index contributed by atoms with van der Waals surface area (Å²) in [5.74, 6) is -1.38. The monoisotopic (exact) mass is 394 g/mol. The van der Waals surface area contributed by atoms with Crippen LogP contribution in [0.15, 0.2) is 47.4 Å². The number of nitrogens with one attached hydrogen (secondary N) is 1. The van der Waals surface area contributed by atoms with Gasteiger partial charge >= 0.3 is 0 Å². The number of benzene rings is 2. The van der Waals surface area contributed by atoms with Gasteiger partial charge in [-0.25, -0.2) is 0 Å². The van der Waals surface area contributed by atoms with Crippen LogP contribution in [0.1, 0.15) is 5.56 Å². The number of anilines is 1. The SMILES string of the molecule is CN(CC(=O)Nc1ccccc1SC(F)F)Cc1ccc2c(c1)OCCO2. The number of amides is 1. The molecule has 0 saturated carbocycles. The lowest BCUT2D eigenvalue weighted by atomic mass is 10.2. The van der Waals surface area contributed by atoms with E-state index in [0.29, 0.717) is 47.9 Å². The minimum atomic E-state index is -2.54. The Morgan fingerprint density at radius 2 is 1.93 bits per heavy atom. The second kappa shape index (κ2) is 9.05. The molecule has 27 heavy (non-hydrogen) atoms. The summed E-state index contributed by atoms with van der Waals surface area (Å²) >= 11 is 0.414. The minimum absolute atomic E-state index is 0.127. The van der Waals surface area contributed by atoms with Gasteiger partial charge in [-0.05, 0) is 36.9 Å². The fourth-order valence-electron chi connectivity index (χ4n) is 2.76. The Labute approximate surface area is 160 Å². The molecule has 144 valence electrons. The number of carbonyl (C=O) groups is 1. The van der Waals surface area contributed by atoms with Crippen molar-refractivity contribution in [1.82, 2.24) is 4.90 Å². The number of nitrogens with zero attached hydrogens (tertiary/aromatic N) is 1. The first-order valence-electron chi connectivity index (χ1n) is 8.42. The largest absolute Gasteiger partial charge is 0.486 e. The molecule has 0 unspecified atom stereocenters. The highest BCUT2D eigenvalue weighted by atomic mass is 32.2. The zero-order chi connectivity index (χ0) is 19.2. The maximum Gasteiger partial charge on any atom is 0.288 e. The molecule has 1 N–H and O–H groups in total. The summed E-state index contributed by atoms with van der Waals surface area (Å²) in [6, 6.07) is 12.2. The first-order chi connectivity index (χ1) is 13.0. The van der Waals surface area contributed by atoms with Gasteiger partial charge in [0.25, 0.3) is 5.76 Å². The quantitative estimate of drug-likeness (QED) is 0.723. The Morgan fingerprint density at radius 1 is 1.19 bits per heavy atom. The number of ether oxygens (including phenoxy) is 2. The molecule has 0 aliphatic carbocycles. The van der Waals surface area contributed by atoms with Crippen LogP contribution in [0.25, 0.3) is 0 Å². The molecule has 0 bridgehead atoms. The molecule has 0 atom stereocenters. The van der Waals surface area contributed by atoms with E-state index in [9.17, 15) is 13.6 Å². The number of hydrogen-bond donors (Lipinski definition) is 1. The predicted octanol–water partition coefficient (Wildman–Crippen LogP) is 3.84. The molecule has 8 heteroatoms. The third-order valence-electron chi connectivity index (χ3n) is 3.85. The predicted molar refractivity (Wildman–Crippen MR) is 101 cm³/mol. The molecule has 5 nitrogen and oxygen atoms in total. The summed E-state index contributed by atoms with van der Waals surface area (Å²) in [6.45, 7) is 1.72. The average molecular weight is 394 g/mol. The Balaban J connectivity index is 1.57. The summed E-state index contributed by atoms with van der Waals surface area (Å²) in [4.78, 5) is 14.5. The lowest BCUT2D eigenvalue weighted by Gasteiger charge is -2.21. The summed E-state index contributed by atoms with van der Waals surface area (Å²) in [7, 11) is 1.82. The van der Waals surface area contributed by atoms with E-state index >= 15 is 0 Å². The van der Waals surface area contributed by atoms with Gasteiger partial charge in [-0.1, -0.05) is 30.0 Å². The van der Waals surface area contributed by atoms with Crippen molar-refractivity contribution >= 4 is 23.4 Å². The van der Waals surface area contributed by atoms with Crippen LogP contribution in [-0.4, -0.2) is 43.4 Å². The molecular weight excluding hydrogens is 374 g/mol. The Hall–Kier alpha value is -2.32. The van der Waals surface area contributed by atoms with E-state index in [1.807, 2.05) is 30.1 Å². The summed E-state index contributed by atoms with van der Waals surface area (Å²) < 4.78 is 36.3. The number of carbonyl (C=O) groups excluding carboxylic acids is 1. The molecule has 1 heterocycles. The molecule has 1 aliphatic rings. The third-order valence-corrected chi connectivity index (χ3v) is 4.64. The van der Waals surface area contributed by atoms with E-state index in [4.69, 9.17) is 9.47 Å². The average Bonchev–Trinajstić information content (AvgIpc) is 2.62. The standard InChI is InChI=1S/C19H20F2N2O3S/c1-23(11-13-6-7-15-16(10-13)26-9-8-25-15)12-18(24)22-14-4-2-3-5-17(14)27-19(20)21/h2-7,10,19H,8-9,11-12H2,1H3,(H,22,24). The lowest BCUT2D eigenvalue weighted by molar-refractivity contribution is -0.117. The van der Waals surface area contributed by atoms with Gasteiger partial charge in [-0.15, -0.1) is 0 Å². The van der Waals surface area contributed by atoms with Gasteiger partial charge in [-0.3, -0.25) is 9.69 Å². The summed E-state index contributed by atoms with van der Waals surface area (Å²) in [5, 5.41) is 2.70. The normalized spacial score (nSPS) is 13.1. The number of alkyl halides is 2. The molecule has 2 aromatic rings. The number of rotatable bonds is 7. The van der Waals surface area contributed by atoms with Crippen LogP contribution in [0.2, 0.25) is 0 Å². The van der Waals surface area contributed by atoms with Crippen LogP contribution in [0, 0.1) is 0 Å². The smallest absolute Gasteiger partial charge is 0.288 e. The molecule has 0 fully saturated rings. The molecule has 3 rings (SSSR count). The first kappa shape index (κ1) is 19.4. The van der Waals surface area contributed by atoms with E-state index in [0.717, 1.165) is 11.3 Å². The fraction of sp³-hybridized carbons (Fsp3) is 0.316. The van der Waals surface area contributed by atoms with Crippen molar-refractivity contribution in [3.05, 3.63) is 48.0 Å². The van der Waals surface area contributed by atoms with Gasteiger partial charge in [0.05, 0.1) is 12.2 Å². The Kier molecular flexibility index (Phi) is 6.52. The van der Waals surface area contributed by atoms with Crippen LogP contribution in [0.3, 0.4) is 0 Å². The third kappa shape index (κ3) is 5.58. The topological polar surface area (TPSA) is 50.8 Å². The van der Waals surface area contributed by atoms with Gasteiger partial charge in [0.2, 0.25) is 5.91 Å². The fourth-order valence-corrected chi connectivity index (χ4v) is 3.35. The van der Waals surface area contributed by atoms with Crippen molar-refractivity contribution in [3.63, 3.8) is 0 Å². The second-order valence-electron chi connectivity index (χ2n) is 6.07. The number of fused-ring (bicyclic) bond motifs is 1. The molecule has 0 spiro atoms. The van der Waals surface area contributed by atoms with Crippen LogP contribution in [-0.2, 0) is 11.3 Å². The van der Waals surface area contributed by atoms with E-state index in [2.05, 4.69) is 5.32 Å². The van der Waals surface area contributed by atoms with Crippen LogP contribution < -0.4 is 14.8 Å². The van der Waals surface area contributed by atoms with Crippen molar-refractivity contribution in [2.75, 3.05) is 32.1 Å². The molecular formula is C19H20F2N2O3S. The van der Waals surface area contributed by atoms with Gasteiger partial charge in [-0.2, -0.15) is 8.78 Å². The Bertz CT molecular complexity index is 804. The van der Waals surface area contributed by atoms with Gasteiger partial charge in [0, 0.05) is 11.4 Å². The van der Waals surface area contributed by atoms with Crippen LogP contribution in [0.5, 0.6) is 11.5 Å². The molecule has 0 saturated heterocycles. The van der Waals surface area contributed by atoms with E-state index < -0.39 is 5.76 Å². The summed E-state index contributed by atoms with van der Waals surface area (Å²) in [6.07, 6.45) is 0. The highest BCUT2D eigenvalue weighted by molar-refractivity contribution is 7.99. The zero-order valence-electron chi connectivity index (χ0n) is 14.8. The molecule has 0 radical (unpaired) electrons. The van der Waals surface area contributed by atoms with Gasteiger partial charge in [0.1, 0.15) is 13.2 Å². The molecule has 1 amide bonds. The van der Waals surface area contributed by atoms with Crippen LogP contribution >= 0.6 is 11.8 Å². The molecule has 1 aliphatic heterocycles. The molecule has 0 aromatic heterocycles. The van der Waals surface area contributed by atoms with E-state index in [1.165, 1.54) is 0 Å². The lowest BCUT2D eigenvalue weighted by Crippen LogP contribution is -2.30. The van der Waals surface area contributed by atoms with E-state index in [-0.39, 0.29) is 12.5 Å². The maximum absolute atomic E-state index is 12.6. The number of hydrogen-bond acceptors (Lipinski definition) is 5. The zero-order valence-corrected chi connectivity index (χ0v) is 15.6. The first-order valence-corrected chi connectivity index (χ1v) is 9.30. The van der Waals surface area contributed by atoms with Crippen molar-refractivity contribution < 1.29 is 23.0 Å². The van der Waals surface area contributed by atoms with Crippen molar-refractivity contribution in [3.8, 4) is 11.5 Å². The van der Waals surface area contributed by atoms with Crippen molar-refractivity contribution in [2.24, 2.45) is 0 Å². The highest BCUT2D eigenvalue weighted by Crippen LogP contribution is 2.32. The van der Waals surface area contributed by atoms with Crippen molar-refractivity contribution in [1.29, 1.82) is 0 Å². The number of para-hydroxylation sites is 1. The second-order valence-corrected chi connectivity index (χ2v) is 7.11. The maximum atomic E-state index is 12.6. The van der Waals surface area contributed by atoms with Crippen LogP contribution in [0.4, 0.5) is 14.5 Å². The number of thioether (sulfide) groups is 1. The number of halogens is 2. The summed E-state index contributed by atoms with van der Waals surface area (Å²) in [5.41, 5.74) is 1.38. The highest BCUT2D eigenvalue weighted by Gasteiger charge is 2.15. The van der Waals surface area contributed by atoms with E-state index in [1.54, 1.807) is 24.3 Å².